The van der Waals surface area contributed by atoms with Crippen molar-refractivity contribution < 1.29 is 23.8 Å². The van der Waals surface area contributed by atoms with Gasteiger partial charge >= 0.3 is 5.97 Å². The molecule has 1 aromatic rings. The van der Waals surface area contributed by atoms with E-state index in [-0.39, 0.29) is 18.0 Å². The Balaban J connectivity index is 1.56. The number of esters is 1. The number of benzene rings is 1. The summed E-state index contributed by atoms with van der Waals surface area (Å²) in [6.07, 6.45) is 5.14. The molecule has 0 spiro atoms. The van der Waals surface area contributed by atoms with Crippen LogP contribution in [0.2, 0.25) is 0 Å². The van der Waals surface area contributed by atoms with E-state index in [9.17, 15) is 9.59 Å². The van der Waals surface area contributed by atoms with Crippen LogP contribution < -0.4 is 14.8 Å². The van der Waals surface area contributed by atoms with Gasteiger partial charge in [-0.25, -0.2) is 0 Å². The highest BCUT2D eigenvalue weighted by molar-refractivity contribution is 5.97. The van der Waals surface area contributed by atoms with Gasteiger partial charge in [-0.1, -0.05) is 0 Å². The molecule has 1 unspecified atom stereocenters. The number of methoxy groups -OCH3 is 2. The van der Waals surface area contributed by atoms with Gasteiger partial charge in [-0.05, 0) is 51.2 Å². The standard InChI is InChI=1S/C22H32N2O5/c1-15(4-9-21(25)28-3)24-12-10-17(11-13-24)29-20-14-18(27-2)7-8-19(20)22(26)23-16-5-6-16/h7-8,14-17H,4-6,9-13H2,1-3H3,(H,23,26). The molecule has 1 heterocycles. The van der Waals surface area contributed by atoms with Gasteiger partial charge in [-0.3, -0.25) is 9.59 Å². The number of likely N-dealkylation sites (tertiary alicyclic amines) is 1. The minimum Gasteiger partial charge on any atom is -0.497 e. The molecule has 1 amide bonds. The lowest BCUT2D eigenvalue weighted by atomic mass is 10.0. The first-order chi connectivity index (χ1) is 14.0. The van der Waals surface area contributed by atoms with Gasteiger partial charge in [0.25, 0.3) is 5.91 Å². The van der Waals surface area contributed by atoms with Crippen molar-refractivity contribution in [3.8, 4) is 11.5 Å². The Morgan fingerprint density at radius 3 is 2.52 bits per heavy atom. The van der Waals surface area contributed by atoms with Crippen molar-refractivity contribution in [1.82, 2.24) is 10.2 Å². The maximum Gasteiger partial charge on any atom is 0.305 e. The number of nitrogens with zero attached hydrogens (tertiary/aromatic N) is 1. The van der Waals surface area contributed by atoms with Crippen LogP contribution in [0.3, 0.4) is 0 Å². The second-order valence-corrected chi connectivity index (χ2v) is 7.93. The molecule has 7 heteroatoms. The van der Waals surface area contributed by atoms with Crippen molar-refractivity contribution in [2.75, 3.05) is 27.3 Å². The van der Waals surface area contributed by atoms with E-state index in [1.807, 2.05) is 0 Å². The largest absolute Gasteiger partial charge is 0.497 e. The lowest BCUT2D eigenvalue weighted by Crippen LogP contribution is -2.43. The molecule has 3 rings (SSSR count). The minimum absolute atomic E-state index is 0.0543. The molecular formula is C22H32N2O5. The van der Waals surface area contributed by atoms with Crippen LogP contribution in [0.1, 0.15) is 55.8 Å². The second kappa shape index (κ2) is 9.96. The number of ether oxygens (including phenoxy) is 3. The molecule has 1 saturated carbocycles. The number of rotatable bonds is 9. The zero-order chi connectivity index (χ0) is 20.8. The Morgan fingerprint density at radius 2 is 1.90 bits per heavy atom. The average Bonchev–Trinajstić information content (AvgIpc) is 3.56. The van der Waals surface area contributed by atoms with Crippen molar-refractivity contribution in [2.45, 2.75) is 63.6 Å². The van der Waals surface area contributed by atoms with E-state index in [1.165, 1.54) is 7.11 Å². The summed E-state index contributed by atoms with van der Waals surface area (Å²) >= 11 is 0. The van der Waals surface area contributed by atoms with Gasteiger partial charge in [0, 0.05) is 37.7 Å². The van der Waals surface area contributed by atoms with Crippen molar-refractivity contribution in [2.24, 2.45) is 0 Å². The van der Waals surface area contributed by atoms with E-state index in [2.05, 4.69) is 17.1 Å². The normalized spacial score (nSPS) is 18.7. The number of hydrogen-bond acceptors (Lipinski definition) is 6. The van der Waals surface area contributed by atoms with Crippen LogP contribution in [0.15, 0.2) is 18.2 Å². The van der Waals surface area contributed by atoms with Crippen LogP contribution >= 0.6 is 0 Å². The maximum absolute atomic E-state index is 12.6. The zero-order valence-electron chi connectivity index (χ0n) is 17.6. The highest BCUT2D eigenvalue weighted by atomic mass is 16.5. The maximum atomic E-state index is 12.6. The molecule has 7 nitrogen and oxygen atoms in total. The Kier molecular flexibility index (Phi) is 7.36. The summed E-state index contributed by atoms with van der Waals surface area (Å²) in [6.45, 7) is 3.95. The molecule has 29 heavy (non-hydrogen) atoms. The van der Waals surface area contributed by atoms with Gasteiger partial charge in [0.1, 0.15) is 17.6 Å². The first-order valence-corrected chi connectivity index (χ1v) is 10.5. The second-order valence-electron chi connectivity index (χ2n) is 7.93. The molecule has 1 N–H and O–H groups in total. The molecule has 0 radical (unpaired) electrons. The van der Waals surface area contributed by atoms with Crippen LogP contribution in [0, 0.1) is 0 Å². The van der Waals surface area contributed by atoms with E-state index >= 15 is 0 Å². The number of piperidine rings is 1. The predicted molar refractivity (Wildman–Crippen MR) is 109 cm³/mol. The van der Waals surface area contributed by atoms with Crippen LogP contribution in [-0.2, 0) is 9.53 Å². The highest BCUT2D eigenvalue weighted by Crippen LogP contribution is 2.29. The van der Waals surface area contributed by atoms with Crippen molar-refractivity contribution in [3.63, 3.8) is 0 Å². The topological polar surface area (TPSA) is 77.1 Å². The minimum atomic E-state index is -0.162. The van der Waals surface area contributed by atoms with E-state index in [4.69, 9.17) is 14.2 Å². The van der Waals surface area contributed by atoms with Gasteiger partial charge in [0.15, 0.2) is 0 Å². The molecule has 0 aromatic heterocycles. The number of carbonyl (C=O) groups is 2. The van der Waals surface area contributed by atoms with Crippen LogP contribution in [0.25, 0.3) is 0 Å². The van der Waals surface area contributed by atoms with E-state index in [0.717, 1.165) is 45.2 Å². The van der Waals surface area contributed by atoms with Crippen LogP contribution in [0.4, 0.5) is 0 Å². The summed E-state index contributed by atoms with van der Waals surface area (Å²) in [6, 6.07) is 5.99. The third-order valence-electron chi connectivity index (χ3n) is 5.73. The molecule has 160 valence electrons. The number of amides is 1. The summed E-state index contributed by atoms with van der Waals surface area (Å²) in [5.41, 5.74) is 0.562. The summed E-state index contributed by atoms with van der Waals surface area (Å²) in [7, 11) is 3.03. The fourth-order valence-corrected chi connectivity index (χ4v) is 3.63. The molecule has 1 aromatic carbocycles. The number of nitrogens with one attached hydrogen (secondary N) is 1. The number of carbonyl (C=O) groups excluding carboxylic acids is 2. The molecule has 1 aliphatic heterocycles. The predicted octanol–water partition coefficient (Wildman–Crippen LogP) is 2.77. The van der Waals surface area contributed by atoms with Crippen molar-refractivity contribution in [1.29, 1.82) is 0 Å². The summed E-state index contributed by atoms with van der Waals surface area (Å²) in [5.74, 6) is 1.01. The molecule has 1 atom stereocenters. The molecular weight excluding hydrogens is 372 g/mol. The van der Waals surface area contributed by atoms with Gasteiger partial charge in [0.2, 0.25) is 0 Å². The molecule has 0 bridgehead atoms. The van der Waals surface area contributed by atoms with Crippen LogP contribution in [-0.4, -0.2) is 62.3 Å². The lowest BCUT2D eigenvalue weighted by molar-refractivity contribution is -0.141. The third kappa shape index (κ3) is 6.10. The Hall–Kier alpha value is -2.28. The molecule has 1 aliphatic carbocycles. The SMILES string of the molecule is COC(=O)CCC(C)N1CCC(Oc2cc(OC)ccc2C(=O)NC2CC2)CC1. The molecule has 2 aliphatic rings. The quantitative estimate of drug-likeness (QED) is 0.638. The van der Waals surface area contributed by atoms with E-state index in [0.29, 0.717) is 35.6 Å². The monoisotopic (exact) mass is 404 g/mol. The number of hydrogen-bond donors (Lipinski definition) is 1. The van der Waals surface area contributed by atoms with Crippen molar-refractivity contribution in [3.05, 3.63) is 23.8 Å². The summed E-state index contributed by atoms with van der Waals surface area (Å²) in [4.78, 5) is 26.3. The zero-order valence-corrected chi connectivity index (χ0v) is 17.6. The summed E-state index contributed by atoms with van der Waals surface area (Å²) < 4.78 is 16.3. The van der Waals surface area contributed by atoms with Crippen molar-refractivity contribution >= 4 is 11.9 Å². The van der Waals surface area contributed by atoms with Gasteiger partial charge < -0.3 is 24.4 Å². The molecule has 1 saturated heterocycles. The first-order valence-electron chi connectivity index (χ1n) is 10.5. The fourth-order valence-electron chi connectivity index (χ4n) is 3.63. The van der Waals surface area contributed by atoms with Gasteiger partial charge in [0.05, 0.1) is 19.8 Å². The third-order valence-corrected chi connectivity index (χ3v) is 5.73. The highest BCUT2D eigenvalue weighted by Gasteiger charge is 2.28. The Labute approximate surface area is 172 Å². The van der Waals surface area contributed by atoms with E-state index in [1.54, 1.807) is 25.3 Å². The van der Waals surface area contributed by atoms with E-state index < -0.39 is 0 Å². The molecule has 2 fully saturated rings. The average molecular weight is 405 g/mol. The first kappa shape index (κ1) is 21.4. The smallest absolute Gasteiger partial charge is 0.305 e. The van der Waals surface area contributed by atoms with Gasteiger partial charge in [-0.2, -0.15) is 0 Å². The summed E-state index contributed by atoms with van der Waals surface area (Å²) in [5, 5.41) is 3.03. The van der Waals surface area contributed by atoms with Gasteiger partial charge in [-0.15, -0.1) is 0 Å². The van der Waals surface area contributed by atoms with Crippen LogP contribution in [0.5, 0.6) is 11.5 Å². The lowest BCUT2D eigenvalue weighted by Gasteiger charge is -2.36. The Morgan fingerprint density at radius 1 is 1.17 bits per heavy atom. The fraction of sp³-hybridized carbons (Fsp3) is 0.636. The Bertz CT molecular complexity index is 711.